The molecule has 0 saturated heterocycles. The van der Waals surface area contributed by atoms with Gasteiger partial charge in [0, 0.05) is 24.7 Å². The number of carbonyl (C=O) groups excluding carboxylic acids is 1. The van der Waals surface area contributed by atoms with Crippen LogP contribution in [0.5, 0.6) is 0 Å². The second kappa shape index (κ2) is 9.15. The summed E-state index contributed by atoms with van der Waals surface area (Å²) < 4.78 is 28.1. The van der Waals surface area contributed by atoms with Gasteiger partial charge < -0.3 is 5.32 Å². The molecule has 160 valence electrons. The Balaban J connectivity index is 1.51. The number of amides is 1. The summed E-state index contributed by atoms with van der Waals surface area (Å²) in [6.45, 7) is 1.63. The number of carbonyl (C=O) groups is 1. The molecule has 3 heterocycles. The summed E-state index contributed by atoms with van der Waals surface area (Å²) >= 11 is 3.20. The van der Waals surface area contributed by atoms with Crippen molar-refractivity contribution in [2.75, 3.05) is 11.9 Å². The van der Waals surface area contributed by atoms with Crippen molar-refractivity contribution in [2.24, 2.45) is 0 Å². The Labute approximate surface area is 188 Å². The third-order valence-corrected chi connectivity index (χ3v) is 7.78. The number of aromatic amines is 1. The van der Waals surface area contributed by atoms with Crippen LogP contribution in [-0.4, -0.2) is 31.1 Å². The maximum absolute atomic E-state index is 12.7. The lowest BCUT2D eigenvalue weighted by molar-refractivity contribution is -0.114. The lowest BCUT2D eigenvalue weighted by Crippen LogP contribution is -2.26. The molecule has 1 aromatic carbocycles. The SMILES string of the molecule is CC(=O)Nc1ccc(S(=O)(=O)NCCc2c(-c3cccs3)n[nH]c2-c2cccs2)cc1. The molecule has 4 aromatic rings. The molecule has 1 amide bonds. The van der Waals surface area contributed by atoms with Gasteiger partial charge in [0.15, 0.2) is 0 Å². The topological polar surface area (TPSA) is 104 Å². The molecule has 0 fully saturated rings. The molecule has 31 heavy (non-hydrogen) atoms. The monoisotopic (exact) mass is 472 g/mol. The standard InChI is InChI=1S/C21H20N4O3S3/c1-14(26)23-15-6-8-16(9-7-15)31(27,28)22-11-10-17-20(18-4-2-12-29-18)24-25-21(17)19-5-3-13-30-19/h2-9,12-13,22H,10-11H2,1H3,(H,23,26)(H,24,25). The van der Waals surface area contributed by atoms with E-state index >= 15 is 0 Å². The molecular weight excluding hydrogens is 452 g/mol. The number of hydrogen-bond donors (Lipinski definition) is 3. The van der Waals surface area contributed by atoms with Crippen LogP contribution >= 0.6 is 22.7 Å². The first-order valence-electron chi connectivity index (χ1n) is 9.46. The average molecular weight is 473 g/mol. The number of sulfonamides is 1. The molecule has 0 radical (unpaired) electrons. The van der Waals surface area contributed by atoms with Crippen LogP contribution in [0.15, 0.2) is 64.2 Å². The summed E-state index contributed by atoms with van der Waals surface area (Å²) in [5.74, 6) is -0.211. The second-order valence-corrected chi connectivity index (χ2v) is 10.4. The van der Waals surface area contributed by atoms with Crippen LogP contribution in [0.2, 0.25) is 0 Å². The lowest BCUT2D eigenvalue weighted by Gasteiger charge is -2.09. The highest BCUT2D eigenvalue weighted by Gasteiger charge is 2.19. The molecular formula is C21H20N4O3S3. The molecule has 0 spiro atoms. The highest BCUT2D eigenvalue weighted by Crippen LogP contribution is 2.34. The molecule has 7 nitrogen and oxygen atoms in total. The normalized spacial score (nSPS) is 11.5. The second-order valence-electron chi connectivity index (χ2n) is 6.73. The molecule has 0 saturated carbocycles. The Morgan fingerprint density at radius 1 is 1.03 bits per heavy atom. The first-order valence-corrected chi connectivity index (χ1v) is 12.7. The Morgan fingerprint density at radius 3 is 2.32 bits per heavy atom. The minimum atomic E-state index is -3.68. The number of aromatic nitrogens is 2. The number of rotatable bonds is 8. The first kappa shape index (κ1) is 21.4. The van der Waals surface area contributed by atoms with Crippen molar-refractivity contribution in [2.45, 2.75) is 18.2 Å². The van der Waals surface area contributed by atoms with Crippen molar-refractivity contribution < 1.29 is 13.2 Å². The maximum atomic E-state index is 12.7. The Bertz CT molecular complexity index is 1210. The summed E-state index contributed by atoms with van der Waals surface area (Å²) in [7, 11) is -3.68. The Kier molecular flexibility index (Phi) is 6.33. The number of hydrogen-bond acceptors (Lipinski definition) is 6. The van der Waals surface area contributed by atoms with Crippen LogP contribution < -0.4 is 10.0 Å². The fraction of sp³-hybridized carbons (Fsp3) is 0.143. The molecule has 0 aliphatic heterocycles. The molecule has 0 bridgehead atoms. The summed E-state index contributed by atoms with van der Waals surface area (Å²) in [5, 5.41) is 14.2. The van der Waals surface area contributed by atoms with E-state index in [1.54, 1.807) is 34.8 Å². The van der Waals surface area contributed by atoms with Crippen LogP contribution in [0.4, 0.5) is 5.69 Å². The van der Waals surface area contributed by atoms with Gasteiger partial charge in [0.05, 0.1) is 20.3 Å². The Hall–Kier alpha value is -2.79. The van der Waals surface area contributed by atoms with Crippen molar-refractivity contribution in [3.05, 3.63) is 64.9 Å². The minimum Gasteiger partial charge on any atom is -0.326 e. The van der Waals surface area contributed by atoms with Crippen LogP contribution in [0.1, 0.15) is 12.5 Å². The highest BCUT2D eigenvalue weighted by atomic mass is 32.2. The fourth-order valence-electron chi connectivity index (χ4n) is 3.16. The fourth-order valence-corrected chi connectivity index (χ4v) is 5.69. The molecule has 0 unspecified atom stereocenters. The van der Waals surface area contributed by atoms with E-state index in [9.17, 15) is 13.2 Å². The van der Waals surface area contributed by atoms with Crippen molar-refractivity contribution in [1.82, 2.24) is 14.9 Å². The average Bonchev–Trinajstić information content (AvgIpc) is 3.49. The van der Waals surface area contributed by atoms with Gasteiger partial charge in [0.1, 0.15) is 5.69 Å². The number of nitrogens with one attached hydrogen (secondary N) is 3. The zero-order chi connectivity index (χ0) is 21.8. The van der Waals surface area contributed by atoms with Gasteiger partial charge in [-0.3, -0.25) is 9.89 Å². The number of thiophene rings is 2. The predicted octanol–water partition coefficient (Wildman–Crippen LogP) is 4.35. The van der Waals surface area contributed by atoms with E-state index in [1.165, 1.54) is 19.1 Å². The molecule has 3 N–H and O–H groups in total. The van der Waals surface area contributed by atoms with E-state index in [4.69, 9.17) is 0 Å². The molecule has 0 aliphatic carbocycles. The van der Waals surface area contributed by atoms with Crippen molar-refractivity contribution in [3.63, 3.8) is 0 Å². The van der Waals surface area contributed by atoms with Crippen LogP contribution in [0.25, 0.3) is 21.1 Å². The summed E-state index contributed by atoms with van der Waals surface area (Å²) in [6.07, 6.45) is 0.486. The molecule has 0 aliphatic rings. The van der Waals surface area contributed by atoms with E-state index in [-0.39, 0.29) is 17.3 Å². The van der Waals surface area contributed by atoms with E-state index < -0.39 is 10.0 Å². The highest BCUT2D eigenvalue weighted by molar-refractivity contribution is 7.89. The summed E-state index contributed by atoms with van der Waals surface area (Å²) in [4.78, 5) is 13.4. The van der Waals surface area contributed by atoms with Gasteiger partial charge in [-0.25, -0.2) is 13.1 Å². The number of H-pyrrole nitrogens is 1. The van der Waals surface area contributed by atoms with Gasteiger partial charge in [-0.2, -0.15) is 5.10 Å². The van der Waals surface area contributed by atoms with Crippen LogP contribution in [-0.2, 0) is 21.2 Å². The number of anilines is 1. The van der Waals surface area contributed by atoms with E-state index in [0.717, 1.165) is 26.7 Å². The van der Waals surface area contributed by atoms with Crippen molar-refractivity contribution in [1.29, 1.82) is 0 Å². The van der Waals surface area contributed by atoms with E-state index in [0.29, 0.717) is 12.1 Å². The van der Waals surface area contributed by atoms with Crippen LogP contribution in [0, 0.1) is 0 Å². The zero-order valence-electron chi connectivity index (χ0n) is 16.6. The van der Waals surface area contributed by atoms with Gasteiger partial charge in [0.25, 0.3) is 0 Å². The predicted molar refractivity (Wildman–Crippen MR) is 125 cm³/mol. The molecule has 4 rings (SSSR count). The summed E-state index contributed by atoms with van der Waals surface area (Å²) in [6, 6.07) is 14.0. The van der Waals surface area contributed by atoms with Gasteiger partial charge in [-0.05, 0) is 53.6 Å². The van der Waals surface area contributed by atoms with Gasteiger partial charge in [-0.15, -0.1) is 22.7 Å². The van der Waals surface area contributed by atoms with Gasteiger partial charge in [-0.1, -0.05) is 12.1 Å². The minimum absolute atomic E-state index is 0.144. The third kappa shape index (κ3) is 4.93. The quantitative estimate of drug-likeness (QED) is 0.355. The van der Waals surface area contributed by atoms with E-state index in [1.807, 2.05) is 35.0 Å². The lowest BCUT2D eigenvalue weighted by atomic mass is 10.1. The smallest absolute Gasteiger partial charge is 0.240 e. The molecule has 0 atom stereocenters. The van der Waals surface area contributed by atoms with Crippen LogP contribution in [0.3, 0.4) is 0 Å². The van der Waals surface area contributed by atoms with Crippen molar-refractivity contribution >= 4 is 44.3 Å². The zero-order valence-corrected chi connectivity index (χ0v) is 19.0. The number of benzene rings is 1. The molecule has 3 aromatic heterocycles. The third-order valence-electron chi connectivity index (χ3n) is 4.54. The Morgan fingerprint density at radius 2 is 1.71 bits per heavy atom. The molecule has 10 heteroatoms. The van der Waals surface area contributed by atoms with Crippen molar-refractivity contribution in [3.8, 4) is 21.1 Å². The first-order chi connectivity index (χ1) is 14.9. The van der Waals surface area contributed by atoms with E-state index in [2.05, 4.69) is 20.2 Å². The summed E-state index contributed by atoms with van der Waals surface area (Å²) in [5.41, 5.74) is 3.29. The number of nitrogens with zero attached hydrogens (tertiary/aromatic N) is 1. The van der Waals surface area contributed by atoms with Gasteiger partial charge in [0.2, 0.25) is 15.9 Å². The largest absolute Gasteiger partial charge is 0.326 e. The van der Waals surface area contributed by atoms with Gasteiger partial charge >= 0.3 is 0 Å². The maximum Gasteiger partial charge on any atom is 0.240 e.